The Bertz CT molecular complexity index is 1520. The number of H-pyrrole nitrogens is 1. The van der Waals surface area contributed by atoms with Crippen LogP contribution in [0.5, 0.6) is 0 Å². The average molecular weight is 398 g/mol. The molecule has 5 rings (SSSR count). The highest BCUT2D eigenvalue weighted by Crippen LogP contribution is 2.33. The van der Waals surface area contributed by atoms with Gasteiger partial charge in [0.1, 0.15) is 0 Å². The summed E-state index contributed by atoms with van der Waals surface area (Å²) in [6, 6.07) is 21.6. The van der Waals surface area contributed by atoms with Gasteiger partial charge in [-0.15, -0.1) is 0 Å². The summed E-state index contributed by atoms with van der Waals surface area (Å²) in [5.74, 6) is 0. The van der Waals surface area contributed by atoms with Gasteiger partial charge in [0.05, 0.1) is 28.2 Å². The van der Waals surface area contributed by atoms with Crippen LogP contribution >= 0.6 is 0 Å². The van der Waals surface area contributed by atoms with Crippen molar-refractivity contribution in [2.24, 2.45) is 0 Å². The number of nitrogens with zero attached hydrogens (tertiary/aromatic N) is 3. The minimum Gasteiger partial charge on any atom is -0.361 e. The maximum Gasteiger partial charge on any atom is 0.283 e. The molecule has 0 bridgehead atoms. The third kappa shape index (κ3) is 2.62. The minimum absolute atomic E-state index is 0.140. The van der Waals surface area contributed by atoms with Gasteiger partial charge in [0.15, 0.2) is 0 Å². The molecule has 0 saturated heterocycles. The van der Waals surface area contributed by atoms with E-state index in [4.69, 9.17) is 0 Å². The number of nitrogens with one attached hydrogen (secondary N) is 1. The molecule has 0 radical (unpaired) electrons. The molecule has 0 aliphatic heterocycles. The van der Waals surface area contributed by atoms with Gasteiger partial charge in [-0.25, -0.2) is 0 Å². The first-order valence-corrected chi connectivity index (χ1v) is 10.3. The van der Waals surface area contributed by atoms with Crippen molar-refractivity contribution < 1.29 is 8.42 Å². The number of nitriles is 1. The lowest BCUT2D eigenvalue weighted by atomic mass is 9.98. The quantitative estimate of drug-likeness (QED) is 0.491. The Balaban J connectivity index is 1.81. The smallest absolute Gasteiger partial charge is 0.283 e. The second kappa shape index (κ2) is 6.33. The Morgan fingerprint density at radius 1 is 0.966 bits per heavy atom. The standard InChI is InChI=1S/C22H14N4O2S/c23-13-16-11-15(18-7-4-8-21-19(18)9-10-24-21)12-22-20(16)14-25-26(22)29(27,28)17-5-2-1-3-6-17/h1-12,14,24H. The molecule has 5 aromatic rings. The summed E-state index contributed by atoms with van der Waals surface area (Å²) < 4.78 is 27.3. The first kappa shape index (κ1) is 17.2. The van der Waals surface area contributed by atoms with Crippen LogP contribution < -0.4 is 0 Å². The van der Waals surface area contributed by atoms with E-state index < -0.39 is 10.0 Å². The van der Waals surface area contributed by atoms with Crippen LogP contribution in [0.4, 0.5) is 0 Å². The van der Waals surface area contributed by atoms with Crippen molar-refractivity contribution in [2.75, 3.05) is 0 Å². The van der Waals surface area contributed by atoms with E-state index in [0.29, 0.717) is 16.5 Å². The Kier molecular flexibility index (Phi) is 3.76. The number of fused-ring (bicyclic) bond motifs is 2. The van der Waals surface area contributed by atoms with E-state index in [1.807, 2.05) is 30.5 Å². The molecule has 2 aromatic heterocycles. The van der Waals surface area contributed by atoms with E-state index >= 15 is 0 Å². The fourth-order valence-corrected chi connectivity index (χ4v) is 4.86. The van der Waals surface area contributed by atoms with E-state index in [0.717, 1.165) is 26.1 Å². The Labute approximate surface area is 166 Å². The molecule has 1 N–H and O–H groups in total. The number of benzene rings is 3. The van der Waals surface area contributed by atoms with E-state index in [1.165, 1.54) is 18.3 Å². The lowest BCUT2D eigenvalue weighted by Gasteiger charge is -2.09. The molecular formula is C22H14N4O2S. The molecule has 0 saturated carbocycles. The summed E-state index contributed by atoms with van der Waals surface area (Å²) in [5.41, 5.74) is 3.37. The monoisotopic (exact) mass is 398 g/mol. The van der Waals surface area contributed by atoms with Crippen LogP contribution in [0.15, 0.2) is 84.0 Å². The SMILES string of the molecule is N#Cc1cc(-c2cccc3[nH]ccc23)cc2c1cnn2S(=O)(=O)c1ccccc1. The number of aromatic nitrogens is 3. The molecule has 0 fully saturated rings. The largest absolute Gasteiger partial charge is 0.361 e. The van der Waals surface area contributed by atoms with Crippen molar-refractivity contribution >= 4 is 31.8 Å². The van der Waals surface area contributed by atoms with Crippen LogP contribution in [0.25, 0.3) is 32.9 Å². The van der Waals surface area contributed by atoms with Gasteiger partial charge < -0.3 is 4.98 Å². The van der Waals surface area contributed by atoms with Crippen molar-refractivity contribution in [3.05, 3.63) is 84.7 Å². The molecule has 2 heterocycles. The molecule has 0 amide bonds. The topological polar surface area (TPSA) is 91.5 Å². The van der Waals surface area contributed by atoms with Gasteiger partial charge in [0, 0.05) is 22.5 Å². The summed E-state index contributed by atoms with van der Waals surface area (Å²) in [6.07, 6.45) is 3.27. The highest BCUT2D eigenvalue weighted by atomic mass is 32.2. The molecule has 6 nitrogen and oxygen atoms in total. The molecular weight excluding hydrogens is 384 g/mol. The number of hydrogen-bond acceptors (Lipinski definition) is 4. The number of hydrogen-bond donors (Lipinski definition) is 1. The second-order valence-electron chi connectivity index (χ2n) is 6.62. The molecule has 29 heavy (non-hydrogen) atoms. The van der Waals surface area contributed by atoms with Gasteiger partial charge in [-0.05, 0) is 47.5 Å². The van der Waals surface area contributed by atoms with Crippen LogP contribution in [0.3, 0.4) is 0 Å². The highest BCUT2D eigenvalue weighted by molar-refractivity contribution is 7.90. The zero-order valence-electron chi connectivity index (χ0n) is 15.1. The maximum absolute atomic E-state index is 13.1. The van der Waals surface area contributed by atoms with Crippen LogP contribution in [0, 0.1) is 11.3 Å². The molecule has 0 spiro atoms. The van der Waals surface area contributed by atoms with Gasteiger partial charge in [-0.3, -0.25) is 0 Å². The molecule has 3 aromatic carbocycles. The van der Waals surface area contributed by atoms with Gasteiger partial charge in [-0.2, -0.15) is 22.9 Å². The number of rotatable bonds is 3. The first-order valence-electron chi connectivity index (χ1n) is 8.88. The van der Waals surface area contributed by atoms with Gasteiger partial charge in [0.25, 0.3) is 10.0 Å². The fourth-order valence-electron chi connectivity index (χ4n) is 3.57. The van der Waals surface area contributed by atoms with Gasteiger partial charge in [-0.1, -0.05) is 30.3 Å². The van der Waals surface area contributed by atoms with E-state index in [9.17, 15) is 13.7 Å². The second-order valence-corrected chi connectivity index (χ2v) is 8.39. The molecule has 0 aliphatic carbocycles. The van der Waals surface area contributed by atoms with Crippen LogP contribution in [-0.4, -0.2) is 22.6 Å². The summed E-state index contributed by atoms with van der Waals surface area (Å²) in [6.45, 7) is 0. The molecule has 0 aliphatic rings. The van der Waals surface area contributed by atoms with Crippen molar-refractivity contribution in [2.45, 2.75) is 4.90 Å². The highest BCUT2D eigenvalue weighted by Gasteiger charge is 2.22. The lowest BCUT2D eigenvalue weighted by Crippen LogP contribution is -2.14. The summed E-state index contributed by atoms with van der Waals surface area (Å²) >= 11 is 0. The molecule has 7 heteroatoms. The van der Waals surface area contributed by atoms with E-state index in [1.54, 1.807) is 30.3 Å². The summed E-state index contributed by atoms with van der Waals surface area (Å²) in [5, 5.41) is 15.3. The van der Waals surface area contributed by atoms with Gasteiger partial charge >= 0.3 is 0 Å². The summed E-state index contributed by atoms with van der Waals surface area (Å²) in [4.78, 5) is 3.31. The number of aromatic amines is 1. The van der Waals surface area contributed by atoms with Gasteiger partial charge in [0.2, 0.25) is 0 Å². The van der Waals surface area contributed by atoms with Crippen molar-refractivity contribution in [3.8, 4) is 17.2 Å². The molecule has 0 unspecified atom stereocenters. The molecule has 0 atom stereocenters. The average Bonchev–Trinajstić information content (AvgIpc) is 3.40. The third-order valence-corrected chi connectivity index (χ3v) is 6.57. The van der Waals surface area contributed by atoms with Crippen molar-refractivity contribution in [1.82, 2.24) is 14.2 Å². The Hall–Kier alpha value is -3.89. The maximum atomic E-state index is 13.1. The fraction of sp³-hybridized carbons (Fsp3) is 0. The van der Waals surface area contributed by atoms with Crippen LogP contribution in [-0.2, 0) is 10.0 Å². The van der Waals surface area contributed by atoms with Crippen molar-refractivity contribution in [3.63, 3.8) is 0 Å². The third-order valence-electron chi connectivity index (χ3n) is 4.95. The normalized spacial score (nSPS) is 11.7. The first-order chi connectivity index (χ1) is 14.1. The Morgan fingerprint density at radius 3 is 2.59 bits per heavy atom. The lowest BCUT2D eigenvalue weighted by molar-refractivity contribution is 0.582. The predicted molar refractivity (Wildman–Crippen MR) is 111 cm³/mol. The minimum atomic E-state index is -3.89. The Morgan fingerprint density at radius 2 is 1.79 bits per heavy atom. The van der Waals surface area contributed by atoms with Crippen LogP contribution in [0.2, 0.25) is 0 Å². The van der Waals surface area contributed by atoms with E-state index in [2.05, 4.69) is 16.2 Å². The summed E-state index contributed by atoms with van der Waals surface area (Å²) in [7, 11) is -3.89. The zero-order chi connectivity index (χ0) is 20.0. The van der Waals surface area contributed by atoms with E-state index in [-0.39, 0.29) is 4.90 Å². The van der Waals surface area contributed by atoms with Crippen LogP contribution in [0.1, 0.15) is 5.56 Å². The van der Waals surface area contributed by atoms with Crippen molar-refractivity contribution in [1.29, 1.82) is 5.26 Å². The zero-order valence-corrected chi connectivity index (χ0v) is 15.9. The predicted octanol–water partition coefficient (Wildman–Crippen LogP) is 4.29. The molecule has 140 valence electrons.